The minimum absolute atomic E-state index is 0.0411. The molecule has 0 aliphatic rings. The van der Waals surface area contributed by atoms with Crippen molar-refractivity contribution in [1.29, 1.82) is 0 Å². The maximum absolute atomic E-state index is 10.9. The van der Waals surface area contributed by atoms with Crippen molar-refractivity contribution in [3.63, 3.8) is 0 Å². The highest BCUT2D eigenvalue weighted by Gasteiger charge is 1.97. The Morgan fingerprint density at radius 3 is 1.86 bits per heavy atom. The number of ether oxygens (including phenoxy) is 1. The molecule has 0 unspecified atom stereocenters. The van der Waals surface area contributed by atoms with Crippen LogP contribution in [-0.4, -0.2) is 19.6 Å². The van der Waals surface area contributed by atoms with E-state index in [2.05, 4.69) is 5.32 Å². The third kappa shape index (κ3) is 8.47. The van der Waals surface area contributed by atoms with Crippen LogP contribution in [0, 0.1) is 0 Å². The summed E-state index contributed by atoms with van der Waals surface area (Å²) in [4.78, 5) is 10.9. The SMILES string of the molecule is CC.CCOc1ccccc1.CNC(=O)c1ccccc1. The van der Waals surface area contributed by atoms with Gasteiger partial charge in [-0.3, -0.25) is 4.79 Å². The average Bonchev–Trinajstić information content (AvgIpc) is 2.58. The van der Waals surface area contributed by atoms with Gasteiger partial charge in [0.05, 0.1) is 6.61 Å². The summed E-state index contributed by atoms with van der Waals surface area (Å²) in [6.45, 7) is 6.72. The zero-order valence-electron chi connectivity index (χ0n) is 13.3. The number of para-hydroxylation sites is 1. The minimum Gasteiger partial charge on any atom is -0.494 e. The molecular formula is C18H25NO2. The first kappa shape index (κ1) is 18.7. The van der Waals surface area contributed by atoms with Gasteiger partial charge in [0.2, 0.25) is 0 Å². The van der Waals surface area contributed by atoms with Crippen molar-refractivity contribution in [3.8, 4) is 5.75 Å². The Bertz CT molecular complexity index is 469. The molecule has 114 valence electrons. The normalized spacial score (nSPS) is 8.38. The Morgan fingerprint density at radius 2 is 1.43 bits per heavy atom. The molecule has 2 aromatic carbocycles. The third-order valence-electron chi connectivity index (χ3n) is 2.32. The molecule has 0 radical (unpaired) electrons. The quantitative estimate of drug-likeness (QED) is 0.920. The highest BCUT2D eigenvalue weighted by molar-refractivity contribution is 5.93. The predicted octanol–water partition coefficient (Wildman–Crippen LogP) is 4.16. The number of hydrogen-bond donors (Lipinski definition) is 1. The zero-order valence-corrected chi connectivity index (χ0v) is 13.3. The Kier molecular flexibility index (Phi) is 11.3. The van der Waals surface area contributed by atoms with Crippen LogP contribution in [0.15, 0.2) is 60.7 Å². The van der Waals surface area contributed by atoms with Crippen LogP contribution >= 0.6 is 0 Å². The fraction of sp³-hybridized carbons (Fsp3) is 0.278. The first-order valence-electron chi connectivity index (χ1n) is 7.23. The molecule has 0 aliphatic carbocycles. The summed E-state index contributed by atoms with van der Waals surface area (Å²) >= 11 is 0. The highest BCUT2D eigenvalue weighted by atomic mass is 16.5. The molecule has 0 fully saturated rings. The molecule has 2 aromatic rings. The number of rotatable bonds is 3. The van der Waals surface area contributed by atoms with Crippen LogP contribution in [0.1, 0.15) is 31.1 Å². The largest absolute Gasteiger partial charge is 0.494 e. The minimum atomic E-state index is -0.0411. The first-order chi connectivity index (χ1) is 10.3. The lowest BCUT2D eigenvalue weighted by atomic mass is 10.2. The van der Waals surface area contributed by atoms with E-state index in [1.165, 1.54) is 0 Å². The number of amides is 1. The van der Waals surface area contributed by atoms with Gasteiger partial charge in [0.1, 0.15) is 5.75 Å². The smallest absolute Gasteiger partial charge is 0.251 e. The fourth-order valence-corrected chi connectivity index (χ4v) is 1.42. The molecular weight excluding hydrogens is 262 g/mol. The number of carbonyl (C=O) groups is 1. The molecule has 0 aliphatic heterocycles. The molecule has 1 amide bonds. The summed E-state index contributed by atoms with van der Waals surface area (Å²) in [6, 6.07) is 18.9. The highest BCUT2D eigenvalue weighted by Crippen LogP contribution is 2.06. The summed E-state index contributed by atoms with van der Waals surface area (Å²) in [5, 5.41) is 2.54. The predicted molar refractivity (Wildman–Crippen MR) is 88.8 cm³/mol. The molecule has 0 bridgehead atoms. The van der Waals surface area contributed by atoms with Crippen molar-refractivity contribution in [2.75, 3.05) is 13.7 Å². The van der Waals surface area contributed by atoms with Gasteiger partial charge in [0.25, 0.3) is 5.91 Å². The van der Waals surface area contributed by atoms with Crippen LogP contribution in [0.2, 0.25) is 0 Å². The molecule has 3 heteroatoms. The number of carbonyl (C=O) groups excluding carboxylic acids is 1. The molecule has 0 saturated heterocycles. The molecule has 0 atom stereocenters. The van der Waals surface area contributed by atoms with E-state index >= 15 is 0 Å². The summed E-state index contributed by atoms with van der Waals surface area (Å²) in [6.07, 6.45) is 0. The molecule has 2 rings (SSSR count). The lowest BCUT2D eigenvalue weighted by molar-refractivity contribution is 0.0963. The van der Waals surface area contributed by atoms with E-state index in [1.807, 2.05) is 69.3 Å². The number of benzene rings is 2. The Labute approximate surface area is 128 Å². The van der Waals surface area contributed by atoms with Gasteiger partial charge in [0.15, 0.2) is 0 Å². The van der Waals surface area contributed by atoms with E-state index in [0.717, 1.165) is 12.4 Å². The van der Waals surface area contributed by atoms with Crippen LogP contribution < -0.4 is 10.1 Å². The van der Waals surface area contributed by atoms with Crippen molar-refractivity contribution >= 4 is 5.91 Å². The van der Waals surface area contributed by atoms with Crippen LogP contribution in [0.4, 0.5) is 0 Å². The summed E-state index contributed by atoms with van der Waals surface area (Å²) in [7, 11) is 1.62. The third-order valence-corrected chi connectivity index (χ3v) is 2.32. The maximum Gasteiger partial charge on any atom is 0.251 e. The van der Waals surface area contributed by atoms with Gasteiger partial charge in [0, 0.05) is 12.6 Å². The van der Waals surface area contributed by atoms with Crippen molar-refractivity contribution < 1.29 is 9.53 Å². The average molecular weight is 287 g/mol. The molecule has 0 spiro atoms. The second kappa shape index (κ2) is 12.7. The lowest BCUT2D eigenvalue weighted by Gasteiger charge is -1.99. The van der Waals surface area contributed by atoms with E-state index in [4.69, 9.17) is 4.74 Å². The first-order valence-corrected chi connectivity index (χ1v) is 7.23. The molecule has 0 saturated carbocycles. The van der Waals surface area contributed by atoms with Crippen LogP contribution in [-0.2, 0) is 0 Å². The van der Waals surface area contributed by atoms with Crippen molar-refractivity contribution in [2.45, 2.75) is 20.8 Å². The van der Waals surface area contributed by atoms with Crippen molar-refractivity contribution in [1.82, 2.24) is 5.32 Å². The van der Waals surface area contributed by atoms with Gasteiger partial charge < -0.3 is 10.1 Å². The summed E-state index contributed by atoms with van der Waals surface area (Å²) < 4.78 is 5.21. The molecule has 0 heterocycles. The van der Waals surface area contributed by atoms with E-state index in [-0.39, 0.29) is 5.91 Å². The number of hydrogen-bond acceptors (Lipinski definition) is 2. The lowest BCUT2D eigenvalue weighted by Crippen LogP contribution is -2.17. The molecule has 21 heavy (non-hydrogen) atoms. The van der Waals surface area contributed by atoms with Gasteiger partial charge in [-0.25, -0.2) is 0 Å². The maximum atomic E-state index is 10.9. The molecule has 1 N–H and O–H groups in total. The van der Waals surface area contributed by atoms with Crippen LogP contribution in [0.5, 0.6) is 5.75 Å². The zero-order chi connectivity index (χ0) is 15.9. The van der Waals surface area contributed by atoms with Crippen molar-refractivity contribution in [3.05, 3.63) is 66.2 Å². The van der Waals surface area contributed by atoms with Gasteiger partial charge in [-0.15, -0.1) is 0 Å². The topological polar surface area (TPSA) is 38.3 Å². The molecule has 3 nitrogen and oxygen atoms in total. The fourth-order valence-electron chi connectivity index (χ4n) is 1.42. The summed E-state index contributed by atoms with van der Waals surface area (Å²) in [5.41, 5.74) is 0.699. The summed E-state index contributed by atoms with van der Waals surface area (Å²) in [5.74, 6) is 0.903. The Morgan fingerprint density at radius 1 is 0.952 bits per heavy atom. The van der Waals surface area contributed by atoms with E-state index < -0.39 is 0 Å². The van der Waals surface area contributed by atoms with Gasteiger partial charge in [-0.2, -0.15) is 0 Å². The van der Waals surface area contributed by atoms with Gasteiger partial charge in [-0.05, 0) is 31.2 Å². The standard InChI is InChI=1S/C8H9NO.C8H10O.C2H6/c1-9-8(10)7-5-3-2-4-6-7;1-2-9-8-6-4-3-5-7-8;1-2/h2-6H,1H3,(H,9,10);3-7H,2H2,1H3;1-2H3. The molecule has 0 aromatic heterocycles. The van der Waals surface area contributed by atoms with E-state index in [1.54, 1.807) is 19.2 Å². The monoisotopic (exact) mass is 287 g/mol. The van der Waals surface area contributed by atoms with Crippen molar-refractivity contribution in [2.24, 2.45) is 0 Å². The number of nitrogens with one attached hydrogen (secondary N) is 1. The van der Waals surface area contributed by atoms with Crippen LogP contribution in [0.25, 0.3) is 0 Å². The van der Waals surface area contributed by atoms with E-state index in [9.17, 15) is 4.79 Å². The Balaban J connectivity index is 0.000000342. The Hall–Kier alpha value is -2.29. The second-order valence-electron chi connectivity index (χ2n) is 3.69. The van der Waals surface area contributed by atoms with Gasteiger partial charge in [-0.1, -0.05) is 50.2 Å². The van der Waals surface area contributed by atoms with Crippen LogP contribution in [0.3, 0.4) is 0 Å². The van der Waals surface area contributed by atoms with Gasteiger partial charge >= 0.3 is 0 Å². The van der Waals surface area contributed by atoms with E-state index in [0.29, 0.717) is 5.56 Å². The second-order valence-corrected chi connectivity index (χ2v) is 3.69.